The van der Waals surface area contributed by atoms with Gasteiger partial charge in [-0.1, -0.05) is 6.07 Å². The standard InChI is InChI=1S/C13H11N7/c14-10-3-4-15-11-7-20(18-12(10)11)6-9-2-1-5-19-8-16-17-13(9)19/h1-5,7-8H,6,14H2. The van der Waals surface area contributed by atoms with Crippen LogP contribution in [0.3, 0.4) is 0 Å². The summed E-state index contributed by atoms with van der Waals surface area (Å²) in [5.74, 6) is 0. The maximum absolute atomic E-state index is 5.89. The molecule has 2 N–H and O–H groups in total. The molecule has 0 spiro atoms. The highest BCUT2D eigenvalue weighted by atomic mass is 15.3. The fourth-order valence-electron chi connectivity index (χ4n) is 2.27. The van der Waals surface area contributed by atoms with E-state index in [1.165, 1.54) is 0 Å². The molecule has 98 valence electrons. The molecule has 0 aliphatic rings. The molecule has 7 nitrogen and oxygen atoms in total. The van der Waals surface area contributed by atoms with Gasteiger partial charge >= 0.3 is 0 Å². The normalized spacial score (nSPS) is 11.4. The van der Waals surface area contributed by atoms with Crippen molar-refractivity contribution < 1.29 is 0 Å². The number of nitrogen functional groups attached to an aromatic ring is 1. The number of nitrogens with zero attached hydrogens (tertiary/aromatic N) is 6. The zero-order valence-electron chi connectivity index (χ0n) is 10.5. The van der Waals surface area contributed by atoms with Crippen LogP contribution in [0.1, 0.15) is 5.56 Å². The van der Waals surface area contributed by atoms with Crippen LogP contribution < -0.4 is 5.73 Å². The highest BCUT2D eigenvalue weighted by Crippen LogP contribution is 2.17. The van der Waals surface area contributed by atoms with E-state index in [1.54, 1.807) is 18.6 Å². The molecule has 0 saturated heterocycles. The molecule has 7 heteroatoms. The minimum Gasteiger partial charge on any atom is -0.397 e. The van der Waals surface area contributed by atoms with Crippen molar-refractivity contribution in [2.24, 2.45) is 0 Å². The zero-order chi connectivity index (χ0) is 13.5. The average Bonchev–Trinajstić information content (AvgIpc) is 3.06. The van der Waals surface area contributed by atoms with Gasteiger partial charge in [0, 0.05) is 18.0 Å². The Morgan fingerprint density at radius 2 is 2.20 bits per heavy atom. The van der Waals surface area contributed by atoms with E-state index in [1.807, 2.05) is 33.6 Å². The van der Waals surface area contributed by atoms with E-state index in [4.69, 9.17) is 5.73 Å². The van der Waals surface area contributed by atoms with Crippen molar-refractivity contribution in [2.75, 3.05) is 5.73 Å². The lowest BCUT2D eigenvalue weighted by atomic mass is 10.2. The van der Waals surface area contributed by atoms with E-state index in [2.05, 4.69) is 20.3 Å². The second-order valence-electron chi connectivity index (χ2n) is 4.56. The molecule has 0 fully saturated rings. The number of anilines is 1. The van der Waals surface area contributed by atoms with E-state index in [-0.39, 0.29) is 0 Å². The average molecular weight is 265 g/mol. The summed E-state index contributed by atoms with van der Waals surface area (Å²) >= 11 is 0. The Balaban J connectivity index is 1.81. The Kier molecular flexibility index (Phi) is 2.19. The highest BCUT2D eigenvalue weighted by Gasteiger charge is 2.08. The van der Waals surface area contributed by atoms with Gasteiger partial charge in [-0.3, -0.25) is 14.1 Å². The second kappa shape index (κ2) is 4.02. The molecule has 0 amide bonds. The first-order valence-corrected chi connectivity index (χ1v) is 6.16. The van der Waals surface area contributed by atoms with Gasteiger partial charge < -0.3 is 5.73 Å². The van der Waals surface area contributed by atoms with Gasteiger partial charge in [0.1, 0.15) is 17.4 Å². The Morgan fingerprint density at radius 3 is 3.10 bits per heavy atom. The first kappa shape index (κ1) is 10.9. The first-order valence-electron chi connectivity index (χ1n) is 6.16. The van der Waals surface area contributed by atoms with E-state index in [9.17, 15) is 0 Å². The van der Waals surface area contributed by atoms with Crippen molar-refractivity contribution in [3.8, 4) is 0 Å². The minimum atomic E-state index is 0.596. The van der Waals surface area contributed by atoms with Gasteiger partial charge in [0.2, 0.25) is 0 Å². The van der Waals surface area contributed by atoms with Gasteiger partial charge in [-0.15, -0.1) is 10.2 Å². The number of fused-ring (bicyclic) bond motifs is 2. The van der Waals surface area contributed by atoms with E-state index < -0.39 is 0 Å². The molecular weight excluding hydrogens is 254 g/mol. The zero-order valence-corrected chi connectivity index (χ0v) is 10.5. The molecule has 4 aromatic heterocycles. The third-order valence-electron chi connectivity index (χ3n) is 3.22. The maximum atomic E-state index is 5.89. The van der Waals surface area contributed by atoms with Crippen molar-refractivity contribution in [3.05, 3.63) is 48.7 Å². The second-order valence-corrected chi connectivity index (χ2v) is 4.56. The van der Waals surface area contributed by atoms with Gasteiger partial charge in [0.15, 0.2) is 5.65 Å². The summed E-state index contributed by atoms with van der Waals surface area (Å²) in [6, 6.07) is 5.72. The first-order chi connectivity index (χ1) is 9.81. The molecule has 0 aliphatic heterocycles. The number of pyridine rings is 2. The predicted octanol–water partition coefficient (Wildman–Crippen LogP) is 1.10. The van der Waals surface area contributed by atoms with Crippen LogP contribution in [0.5, 0.6) is 0 Å². The van der Waals surface area contributed by atoms with Crippen molar-refractivity contribution in [1.29, 1.82) is 0 Å². The summed E-state index contributed by atoms with van der Waals surface area (Å²) in [5.41, 5.74) is 9.91. The molecule has 4 rings (SSSR count). The van der Waals surface area contributed by atoms with Crippen LogP contribution >= 0.6 is 0 Å². The fourth-order valence-corrected chi connectivity index (χ4v) is 2.27. The van der Waals surface area contributed by atoms with Crippen molar-refractivity contribution in [3.63, 3.8) is 0 Å². The molecule has 0 aromatic carbocycles. The van der Waals surface area contributed by atoms with Crippen LogP contribution in [0, 0.1) is 0 Å². The molecule has 4 aromatic rings. The van der Waals surface area contributed by atoms with Gasteiger partial charge in [-0.25, -0.2) is 0 Å². The molecule has 0 radical (unpaired) electrons. The highest BCUT2D eigenvalue weighted by molar-refractivity contribution is 5.85. The van der Waals surface area contributed by atoms with Crippen molar-refractivity contribution in [1.82, 2.24) is 29.4 Å². The number of aromatic nitrogens is 6. The van der Waals surface area contributed by atoms with Crippen LogP contribution in [-0.2, 0) is 6.54 Å². The van der Waals surface area contributed by atoms with Gasteiger partial charge in [-0.05, 0) is 12.1 Å². The molecular formula is C13H11N7. The lowest BCUT2D eigenvalue weighted by Gasteiger charge is -2.02. The topological polar surface area (TPSA) is 86.9 Å². The predicted molar refractivity (Wildman–Crippen MR) is 74.0 cm³/mol. The van der Waals surface area contributed by atoms with E-state index in [0.717, 1.165) is 22.2 Å². The summed E-state index contributed by atoms with van der Waals surface area (Å²) in [4.78, 5) is 4.26. The summed E-state index contributed by atoms with van der Waals surface area (Å²) in [6.45, 7) is 0.596. The number of rotatable bonds is 2. The Bertz CT molecular complexity index is 905. The van der Waals surface area contributed by atoms with Gasteiger partial charge in [0.05, 0.1) is 18.4 Å². The third kappa shape index (κ3) is 1.60. The van der Waals surface area contributed by atoms with E-state index in [0.29, 0.717) is 12.2 Å². The molecule has 0 aliphatic carbocycles. The van der Waals surface area contributed by atoms with Crippen LogP contribution in [0.25, 0.3) is 16.7 Å². The minimum absolute atomic E-state index is 0.596. The van der Waals surface area contributed by atoms with Crippen molar-refractivity contribution in [2.45, 2.75) is 6.54 Å². The molecule has 4 heterocycles. The van der Waals surface area contributed by atoms with Crippen LogP contribution in [-0.4, -0.2) is 29.4 Å². The Hall–Kier alpha value is -2.96. The molecule has 0 saturated carbocycles. The number of nitrogens with two attached hydrogens (primary N) is 1. The number of hydrogen-bond donors (Lipinski definition) is 1. The smallest absolute Gasteiger partial charge is 0.165 e. The SMILES string of the molecule is Nc1ccnc2cn(Cc3cccn4cnnc34)nc12. The lowest BCUT2D eigenvalue weighted by molar-refractivity contribution is 0.696. The molecule has 0 unspecified atom stereocenters. The van der Waals surface area contributed by atoms with Crippen molar-refractivity contribution >= 4 is 22.4 Å². The molecule has 0 atom stereocenters. The third-order valence-corrected chi connectivity index (χ3v) is 3.22. The summed E-state index contributed by atoms with van der Waals surface area (Å²) < 4.78 is 3.70. The Labute approximate surface area is 113 Å². The summed E-state index contributed by atoms with van der Waals surface area (Å²) in [6.07, 6.45) is 7.16. The molecule has 0 bridgehead atoms. The largest absolute Gasteiger partial charge is 0.397 e. The summed E-state index contributed by atoms with van der Waals surface area (Å²) in [7, 11) is 0. The lowest BCUT2D eigenvalue weighted by Crippen LogP contribution is -2.02. The maximum Gasteiger partial charge on any atom is 0.165 e. The van der Waals surface area contributed by atoms with Gasteiger partial charge in [0.25, 0.3) is 0 Å². The molecule has 20 heavy (non-hydrogen) atoms. The summed E-state index contributed by atoms with van der Waals surface area (Å²) in [5, 5.41) is 12.5. The monoisotopic (exact) mass is 265 g/mol. The Morgan fingerprint density at radius 1 is 1.25 bits per heavy atom. The van der Waals surface area contributed by atoms with Gasteiger partial charge in [-0.2, -0.15) is 5.10 Å². The van der Waals surface area contributed by atoms with Crippen LogP contribution in [0.15, 0.2) is 43.1 Å². The van der Waals surface area contributed by atoms with Crippen LogP contribution in [0.2, 0.25) is 0 Å². The fraction of sp³-hybridized carbons (Fsp3) is 0.0769. The number of hydrogen-bond acceptors (Lipinski definition) is 5. The van der Waals surface area contributed by atoms with Crippen LogP contribution in [0.4, 0.5) is 5.69 Å². The quantitative estimate of drug-likeness (QED) is 0.586. The van der Waals surface area contributed by atoms with E-state index >= 15 is 0 Å².